The summed E-state index contributed by atoms with van der Waals surface area (Å²) in [7, 11) is 3.99. The summed E-state index contributed by atoms with van der Waals surface area (Å²) in [5.74, 6) is 0.540. The van der Waals surface area contributed by atoms with Crippen molar-refractivity contribution < 1.29 is 4.42 Å². The number of nitrogens with two attached hydrogens (primary N) is 1. The minimum atomic E-state index is 0.476. The molecule has 1 aromatic heterocycles. The van der Waals surface area contributed by atoms with Crippen molar-refractivity contribution in [2.75, 3.05) is 24.7 Å². The summed E-state index contributed by atoms with van der Waals surface area (Å²) >= 11 is 6.11. The number of benzene rings is 2. The van der Waals surface area contributed by atoms with Crippen LogP contribution in [0.15, 0.2) is 40.8 Å². The zero-order chi connectivity index (χ0) is 14.3. The third kappa shape index (κ3) is 2.18. The Balaban J connectivity index is 2.08. The lowest BCUT2D eigenvalue weighted by atomic mass is 10.2. The quantitative estimate of drug-likeness (QED) is 0.729. The lowest BCUT2D eigenvalue weighted by molar-refractivity contribution is 0.620. The average molecular weight is 288 g/mol. The summed E-state index contributed by atoms with van der Waals surface area (Å²) < 4.78 is 5.73. The fraction of sp³-hybridized carbons (Fsp3) is 0.133. The number of anilines is 2. The van der Waals surface area contributed by atoms with Gasteiger partial charge in [-0.1, -0.05) is 11.6 Å². The molecule has 2 aromatic carbocycles. The number of oxazole rings is 1. The van der Waals surface area contributed by atoms with E-state index in [9.17, 15) is 0 Å². The first kappa shape index (κ1) is 12.8. The van der Waals surface area contributed by atoms with Crippen molar-refractivity contribution in [2.24, 2.45) is 0 Å². The molecule has 3 rings (SSSR count). The molecule has 0 saturated heterocycles. The van der Waals surface area contributed by atoms with Gasteiger partial charge in [-0.25, -0.2) is 4.98 Å². The van der Waals surface area contributed by atoms with Crippen molar-refractivity contribution in [1.82, 2.24) is 4.98 Å². The molecule has 0 atom stereocenters. The molecule has 0 unspecified atom stereocenters. The summed E-state index contributed by atoms with van der Waals surface area (Å²) in [4.78, 5) is 6.47. The molecular formula is C15H14ClN3O. The maximum absolute atomic E-state index is 6.11. The van der Waals surface area contributed by atoms with E-state index in [0.29, 0.717) is 27.7 Å². The Kier molecular flexibility index (Phi) is 3.03. The van der Waals surface area contributed by atoms with Crippen molar-refractivity contribution in [3.63, 3.8) is 0 Å². The second-order valence-electron chi connectivity index (χ2n) is 4.81. The molecule has 0 saturated carbocycles. The van der Waals surface area contributed by atoms with E-state index in [-0.39, 0.29) is 0 Å². The first-order valence-electron chi connectivity index (χ1n) is 6.18. The topological polar surface area (TPSA) is 55.3 Å². The van der Waals surface area contributed by atoms with Crippen LogP contribution in [0.3, 0.4) is 0 Å². The fourth-order valence-electron chi connectivity index (χ4n) is 2.04. The van der Waals surface area contributed by atoms with Crippen LogP contribution < -0.4 is 10.6 Å². The minimum Gasteiger partial charge on any atom is -0.435 e. The van der Waals surface area contributed by atoms with Gasteiger partial charge in [-0.15, -0.1) is 0 Å². The second-order valence-corrected chi connectivity index (χ2v) is 5.22. The third-order valence-corrected chi connectivity index (χ3v) is 3.38. The number of nitrogen functional groups attached to an aromatic ring is 1. The highest BCUT2D eigenvalue weighted by Gasteiger charge is 2.12. The lowest BCUT2D eigenvalue weighted by Gasteiger charge is -2.11. The Hall–Kier alpha value is -2.20. The van der Waals surface area contributed by atoms with Gasteiger partial charge >= 0.3 is 0 Å². The largest absolute Gasteiger partial charge is 0.435 e. The Morgan fingerprint density at radius 1 is 1.15 bits per heavy atom. The lowest BCUT2D eigenvalue weighted by Crippen LogP contribution is -2.07. The molecule has 20 heavy (non-hydrogen) atoms. The molecule has 5 heteroatoms. The number of hydrogen-bond acceptors (Lipinski definition) is 4. The minimum absolute atomic E-state index is 0.476. The highest BCUT2D eigenvalue weighted by Crippen LogP contribution is 2.31. The summed E-state index contributed by atoms with van der Waals surface area (Å²) in [6.07, 6.45) is 0. The number of rotatable bonds is 2. The molecule has 0 spiro atoms. The number of aromatic nitrogens is 1. The van der Waals surface area contributed by atoms with Crippen LogP contribution in [0.4, 0.5) is 11.4 Å². The molecule has 1 heterocycles. The van der Waals surface area contributed by atoms with Crippen LogP contribution in [0.5, 0.6) is 0 Å². The van der Waals surface area contributed by atoms with Gasteiger partial charge in [0.2, 0.25) is 5.89 Å². The highest BCUT2D eigenvalue weighted by atomic mass is 35.5. The molecule has 0 aliphatic heterocycles. The van der Waals surface area contributed by atoms with Crippen LogP contribution in [-0.2, 0) is 0 Å². The van der Waals surface area contributed by atoms with Crippen LogP contribution in [0.2, 0.25) is 5.02 Å². The van der Waals surface area contributed by atoms with Gasteiger partial charge in [0.25, 0.3) is 0 Å². The highest BCUT2D eigenvalue weighted by molar-refractivity contribution is 6.35. The molecule has 102 valence electrons. The van der Waals surface area contributed by atoms with Gasteiger partial charge in [0, 0.05) is 31.0 Å². The van der Waals surface area contributed by atoms with Crippen LogP contribution in [0.25, 0.3) is 22.6 Å². The van der Waals surface area contributed by atoms with Gasteiger partial charge in [-0.2, -0.15) is 0 Å². The van der Waals surface area contributed by atoms with Gasteiger partial charge in [-0.05, 0) is 36.4 Å². The van der Waals surface area contributed by atoms with Crippen LogP contribution >= 0.6 is 11.6 Å². The predicted molar refractivity (Wildman–Crippen MR) is 83.2 cm³/mol. The zero-order valence-electron chi connectivity index (χ0n) is 11.2. The molecule has 2 N–H and O–H groups in total. The Bertz CT molecular complexity index is 763. The molecule has 0 aliphatic carbocycles. The van der Waals surface area contributed by atoms with Crippen molar-refractivity contribution >= 4 is 34.1 Å². The smallest absolute Gasteiger partial charge is 0.227 e. The monoisotopic (exact) mass is 287 g/mol. The molecule has 0 fully saturated rings. The van der Waals surface area contributed by atoms with Crippen molar-refractivity contribution in [2.45, 2.75) is 0 Å². The molecule has 4 nitrogen and oxygen atoms in total. The van der Waals surface area contributed by atoms with E-state index in [1.54, 1.807) is 12.1 Å². The standard InChI is InChI=1S/C15H14ClN3O/c1-19(2)11-5-3-9(4-6-11)15-18-13-8-10(17)7-12(16)14(13)20-15/h3-8H,17H2,1-2H3. The number of nitrogens with zero attached hydrogens (tertiary/aromatic N) is 2. The first-order chi connectivity index (χ1) is 9.54. The SMILES string of the molecule is CN(C)c1ccc(-c2nc3cc(N)cc(Cl)c3o2)cc1. The van der Waals surface area contributed by atoms with Crippen molar-refractivity contribution in [1.29, 1.82) is 0 Å². The number of fused-ring (bicyclic) bond motifs is 1. The van der Waals surface area contributed by atoms with E-state index >= 15 is 0 Å². The van der Waals surface area contributed by atoms with E-state index in [4.69, 9.17) is 21.8 Å². The molecule has 0 aliphatic rings. The summed E-state index contributed by atoms with van der Waals surface area (Å²) in [6, 6.07) is 11.4. The van der Waals surface area contributed by atoms with Crippen LogP contribution in [0, 0.1) is 0 Å². The molecule has 0 radical (unpaired) electrons. The zero-order valence-corrected chi connectivity index (χ0v) is 12.0. The van der Waals surface area contributed by atoms with Gasteiger partial charge in [0.05, 0.1) is 5.02 Å². The fourth-order valence-corrected chi connectivity index (χ4v) is 2.30. The van der Waals surface area contributed by atoms with E-state index in [1.807, 2.05) is 43.3 Å². The predicted octanol–water partition coefficient (Wildman–Crippen LogP) is 3.80. The molecular weight excluding hydrogens is 274 g/mol. The first-order valence-corrected chi connectivity index (χ1v) is 6.56. The van der Waals surface area contributed by atoms with Crippen molar-refractivity contribution in [3.8, 4) is 11.5 Å². The van der Waals surface area contributed by atoms with E-state index in [1.165, 1.54) is 0 Å². The van der Waals surface area contributed by atoms with Gasteiger partial charge < -0.3 is 15.1 Å². The Morgan fingerprint density at radius 2 is 1.85 bits per heavy atom. The Labute approximate surface area is 121 Å². The summed E-state index contributed by atoms with van der Waals surface area (Å²) in [6.45, 7) is 0. The Morgan fingerprint density at radius 3 is 2.50 bits per heavy atom. The second kappa shape index (κ2) is 4.72. The maximum Gasteiger partial charge on any atom is 0.227 e. The summed E-state index contributed by atoms with van der Waals surface area (Å²) in [5.41, 5.74) is 9.58. The van der Waals surface area contributed by atoms with Gasteiger partial charge in [-0.3, -0.25) is 0 Å². The molecule has 0 amide bonds. The van der Waals surface area contributed by atoms with Crippen LogP contribution in [0.1, 0.15) is 0 Å². The van der Waals surface area contributed by atoms with E-state index < -0.39 is 0 Å². The van der Waals surface area contributed by atoms with E-state index in [2.05, 4.69) is 4.98 Å². The normalized spacial score (nSPS) is 10.9. The average Bonchev–Trinajstić information content (AvgIpc) is 2.83. The van der Waals surface area contributed by atoms with Gasteiger partial charge in [0.1, 0.15) is 5.52 Å². The molecule has 0 bridgehead atoms. The number of hydrogen-bond donors (Lipinski definition) is 1. The summed E-state index contributed by atoms with van der Waals surface area (Å²) in [5, 5.41) is 0.476. The van der Waals surface area contributed by atoms with Crippen LogP contribution in [-0.4, -0.2) is 19.1 Å². The third-order valence-electron chi connectivity index (χ3n) is 3.10. The van der Waals surface area contributed by atoms with Gasteiger partial charge in [0.15, 0.2) is 5.58 Å². The molecule has 3 aromatic rings. The number of halogens is 1. The van der Waals surface area contributed by atoms with E-state index in [0.717, 1.165) is 11.3 Å². The van der Waals surface area contributed by atoms with Crippen molar-refractivity contribution in [3.05, 3.63) is 41.4 Å². The maximum atomic E-state index is 6.11.